The molecule has 8 heteroatoms. The minimum atomic E-state index is -0.334. The number of likely N-dealkylation sites (N-methyl/N-ethyl adjacent to an activating group) is 1. The fourth-order valence-electron chi connectivity index (χ4n) is 2.63. The summed E-state index contributed by atoms with van der Waals surface area (Å²) in [6, 6.07) is 15.7. The number of halogens is 1. The molecule has 0 fully saturated rings. The average Bonchev–Trinajstić information content (AvgIpc) is 3.23. The first kappa shape index (κ1) is 20.6. The highest BCUT2D eigenvalue weighted by molar-refractivity contribution is 7.14. The summed E-state index contributed by atoms with van der Waals surface area (Å²) in [6.45, 7) is 0.275. The summed E-state index contributed by atoms with van der Waals surface area (Å²) in [5, 5.41) is 7.77. The lowest BCUT2D eigenvalue weighted by molar-refractivity contribution is -0.120. The lowest BCUT2D eigenvalue weighted by Gasteiger charge is -2.20. The molecule has 0 saturated carbocycles. The molecule has 2 N–H and O–H groups in total. The van der Waals surface area contributed by atoms with E-state index < -0.39 is 0 Å². The summed E-state index contributed by atoms with van der Waals surface area (Å²) >= 11 is 1.36. The molecule has 6 nitrogen and oxygen atoms in total. The van der Waals surface area contributed by atoms with E-state index in [0.29, 0.717) is 5.13 Å². The first-order chi connectivity index (χ1) is 14.1. The number of thiazole rings is 1. The number of anilines is 1. The van der Waals surface area contributed by atoms with Crippen molar-refractivity contribution in [2.45, 2.75) is 6.54 Å². The number of benzene rings is 2. The zero-order chi connectivity index (χ0) is 20.6. The van der Waals surface area contributed by atoms with Gasteiger partial charge in [0.1, 0.15) is 5.82 Å². The summed E-state index contributed by atoms with van der Waals surface area (Å²) < 4.78 is 13.2. The molecule has 3 rings (SSSR count). The number of carbonyl (C=O) groups is 2. The predicted molar refractivity (Wildman–Crippen MR) is 112 cm³/mol. The van der Waals surface area contributed by atoms with Crippen molar-refractivity contribution in [3.05, 3.63) is 71.4 Å². The van der Waals surface area contributed by atoms with Gasteiger partial charge in [-0.15, -0.1) is 11.3 Å². The van der Waals surface area contributed by atoms with Crippen LogP contribution < -0.4 is 15.5 Å². The molecule has 0 bridgehead atoms. The lowest BCUT2D eigenvalue weighted by Crippen LogP contribution is -2.41. The number of nitrogens with one attached hydrogen (secondary N) is 2. The zero-order valence-corrected chi connectivity index (χ0v) is 16.7. The van der Waals surface area contributed by atoms with Crippen LogP contribution in [0.3, 0.4) is 0 Å². The molecule has 150 valence electrons. The number of nitrogens with zero attached hydrogens (tertiary/aromatic N) is 2. The predicted octanol–water partition coefficient (Wildman–Crippen LogP) is 2.82. The maximum Gasteiger partial charge on any atom is 0.243 e. The Hall–Kier alpha value is -3.10. The molecule has 2 aromatic carbocycles. The van der Waals surface area contributed by atoms with Gasteiger partial charge in [-0.3, -0.25) is 19.8 Å². The van der Waals surface area contributed by atoms with Gasteiger partial charge in [0.2, 0.25) is 11.8 Å². The Morgan fingerprint density at radius 1 is 1.07 bits per heavy atom. The minimum Gasteiger partial charge on any atom is -0.358 e. The Morgan fingerprint density at radius 2 is 1.79 bits per heavy atom. The number of rotatable bonds is 8. The van der Waals surface area contributed by atoms with Crippen LogP contribution >= 0.6 is 11.3 Å². The van der Waals surface area contributed by atoms with Crippen LogP contribution in [-0.4, -0.2) is 36.9 Å². The smallest absolute Gasteiger partial charge is 0.243 e. The van der Waals surface area contributed by atoms with Gasteiger partial charge in [0.25, 0.3) is 0 Å². The Bertz CT molecular complexity index is 960. The summed E-state index contributed by atoms with van der Waals surface area (Å²) in [5.74, 6) is -0.768. The molecule has 0 aliphatic heterocycles. The van der Waals surface area contributed by atoms with Crippen molar-refractivity contribution in [2.24, 2.45) is 0 Å². The van der Waals surface area contributed by atoms with Crippen molar-refractivity contribution >= 4 is 28.3 Å². The third-order valence-corrected chi connectivity index (χ3v) is 5.05. The second-order valence-corrected chi connectivity index (χ2v) is 7.10. The molecule has 0 aliphatic carbocycles. The molecule has 2 amide bonds. The van der Waals surface area contributed by atoms with Gasteiger partial charge in [-0.25, -0.2) is 9.37 Å². The van der Waals surface area contributed by atoms with E-state index in [9.17, 15) is 14.0 Å². The van der Waals surface area contributed by atoms with Gasteiger partial charge in [-0.1, -0.05) is 42.5 Å². The number of hydrogen-bond donors (Lipinski definition) is 2. The van der Waals surface area contributed by atoms with E-state index in [1.165, 1.54) is 30.5 Å². The number of amides is 2. The van der Waals surface area contributed by atoms with E-state index in [0.717, 1.165) is 16.8 Å². The van der Waals surface area contributed by atoms with Crippen LogP contribution in [0.5, 0.6) is 0 Å². The van der Waals surface area contributed by atoms with Crippen LogP contribution in [-0.2, 0) is 16.1 Å². The van der Waals surface area contributed by atoms with Gasteiger partial charge in [-0.2, -0.15) is 0 Å². The van der Waals surface area contributed by atoms with Crippen molar-refractivity contribution in [1.82, 2.24) is 15.6 Å². The average molecular weight is 412 g/mol. The van der Waals surface area contributed by atoms with E-state index in [2.05, 4.69) is 15.6 Å². The molecule has 1 aromatic heterocycles. The molecule has 0 saturated heterocycles. The quantitative estimate of drug-likeness (QED) is 0.597. The third-order valence-electron chi connectivity index (χ3n) is 4.19. The number of aromatic nitrogens is 1. The van der Waals surface area contributed by atoms with Crippen LogP contribution in [0.1, 0.15) is 5.56 Å². The number of carbonyl (C=O) groups excluding carboxylic acids is 2. The molecule has 3 aromatic rings. The maximum absolute atomic E-state index is 13.2. The van der Waals surface area contributed by atoms with Crippen LogP contribution in [0.4, 0.5) is 9.52 Å². The zero-order valence-electron chi connectivity index (χ0n) is 15.9. The molecule has 0 spiro atoms. The molecular weight excluding hydrogens is 391 g/mol. The van der Waals surface area contributed by atoms with E-state index >= 15 is 0 Å². The van der Waals surface area contributed by atoms with Crippen molar-refractivity contribution in [2.75, 3.05) is 25.0 Å². The summed E-state index contributed by atoms with van der Waals surface area (Å²) in [6.07, 6.45) is 0. The highest BCUT2D eigenvalue weighted by atomic mass is 32.1. The second kappa shape index (κ2) is 9.90. The molecule has 1 heterocycles. The second-order valence-electron chi connectivity index (χ2n) is 6.26. The summed E-state index contributed by atoms with van der Waals surface area (Å²) in [5.41, 5.74) is 2.52. The monoisotopic (exact) mass is 412 g/mol. The third kappa shape index (κ3) is 5.69. The summed E-state index contributed by atoms with van der Waals surface area (Å²) in [7, 11) is 1.54. The van der Waals surface area contributed by atoms with E-state index in [-0.39, 0.29) is 37.3 Å². The number of hydrogen-bond acceptors (Lipinski definition) is 5. The van der Waals surface area contributed by atoms with Crippen molar-refractivity contribution in [3.8, 4) is 11.3 Å². The van der Waals surface area contributed by atoms with E-state index in [1.807, 2.05) is 35.7 Å². The Labute approximate surface area is 172 Å². The van der Waals surface area contributed by atoms with Crippen molar-refractivity contribution in [3.63, 3.8) is 0 Å². The van der Waals surface area contributed by atoms with Crippen LogP contribution in [0.2, 0.25) is 0 Å². The van der Waals surface area contributed by atoms with Crippen molar-refractivity contribution < 1.29 is 14.0 Å². The van der Waals surface area contributed by atoms with Gasteiger partial charge in [0.15, 0.2) is 5.13 Å². The minimum absolute atomic E-state index is 0.0190. The molecule has 0 radical (unpaired) electrons. The Kier molecular flexibility index (Phi) is 7.04. The SMILES string of the molecule is CNC(=O)CNCC(=O)N(Cc1ccc(F)cc1)c1nc(-c2ccccc2)cs1. The first-order valence-electron chi connectivity index (χ1n) is 9.04. The standard InChI is InChI=1S/C21H21FN4O2S/c1-23-19(27)11-24-12-20(28)26(13-15-7-9-17(22)10-8-15)21-25-18(14-29-21)16-5-3-2-4-6-16/h2-10,14,24H,11-13H2,1H3,(H,23,27). The lowest BCUT2D eigenvalue weighted by atomic mass is 10.2. The van der Waals surface area contributed by atoms with Gasteiger partial charge in [0, 0.05) is 18.0 Å². The Balaban J connectivity index is 1.80. The molecule has 0 aliphatic rings. The van der Waals surface area contributed by atoms with Gasteiger partial charge in [-0.05, 0) is 17.7 Å². The van der Waals surface area contributed by atoms with Crippen molar-refractivity contribution in [1.29, 1.82) is 0 Å². The normalized spacial score (nSPS) is 10.6. The van der Waals surface area contributed by atoms with Crippen LogP contribution in [0.25, 0.3) is 11.3 Å². The molecular formula is C21H21FN4O2S. The fourth-order valence-corrected chi connectivity index (χ4v) is 3.48. The van der Waals surface area contributed by atoms with E-state index in [1.54, 1.807) is 17.0 Å². The molecule has 0 atom stereocenters. The first-order valence-corrected chi connectivity index (χ1v) is 9.92. The van der Waals surface area contributed by atoms with E-state index in [4.69, 9.17) is 0 Å². The molecule has 29 heavy (non-hydrogen) atoms. The highest BCUT2D eigenvalue weighted by Crippen LogP contribution is 2.28. The largest absolute Gasteiger partial charge is 0.358 e. The Morgan fingerprint density at radius 3 is 2.48 bits per heavy atom. The van der Waals surface area contributed by atoms with Gasteiger partial charge < -0.3 is 5.32 Å². The van der Waals surface area contributed by atoms with Gasteiger partial charge in [0.05, 0.1) is 25.3 Å². The maximum atomic E-state index is 13.2. The van der Waals surface area contributed by atoms with Gasteiger partial charge >= 0.3 is 0 Å². The topological polar surface area (TPSA) is 74.3 Å². The van der Waals surface area contributed by atoms with Crippen LogP contribution in [0.15, 0.2) is 60.0 Å². The fraction of sp³-hybridized carbons (Fsp3) is 0.190. The van der Waals surface area contributed by atoms with Crippen LogP contribution in [0, 0.1) is 5.82 Å². The summed E-state index contributed by atoms with van der Waals surface area (Å²) in [4.78, 5) is 30.4. The highest BCUT2D eigenvalue weighted by Gasteiger charge is 2.20. The molecule has 0 unspecified atom stereocenters.